The highest BCUT2D eigenvalue weighted by atomic mass is 79.9. The van der Waals surface area contributed by atoms with Gasteiger partial charge in [-0.3, -0.25) is 4.90 Å². The molecule has 0 aliphatic carbocycles. The van der Waals surface area contributed by atoms with Crippen LogP contribution in [-0.2, 0) is 10.0 Å². The molecule has 5 nitrogen and oxygen atoms in total. The zero-order chi connectivity index (χ0) is 16.2. The van der Waals surface area contributed by atoms with E-state index < -0.39 is 10.0 Å². The van der Waals surface area contributed by atoms with Crippen LogP contribution in [0.15, 0.2) is 27.6 Å². The van der Waals surface area contributed by atoms with Crippen LogP contribution in [0.2, 0.25) is 0 Å². The fourth-order valence-corrected chi connectivity index (χ4v) is 4.24. The zero-order valence-electron chi connectivity index (χ0n) is 12.9. The molecule has 0 atom stereocenters. The second-order valence-corrected chi connectivity index (χ2v) is 8.10. The van der Waals surface area contributed by atoms with Crippen molar-refractivity contribution in [2.45, 2.75) is 44.7 Å². The second kappa shape index (κ2) is 7.58. The third-order valence-electron chi connectivity index (χ3n) is 3.23. The molecule has 7 heteroatoms. The first-order valence-electron chi connectivity index (χ1n) is 6.95. The van der Waals surface area contributed by atoms with Crippen molar-refractivity contribution < 1.29 is 8.42 Å². The maximum atomic E-state index is 12.3. The summed E-state index contributed by atoms with van der Waals surface area (Å²) in [6.45, 7) is 9.42. The Balaban J connectivity index is 2.76. The molecule has 1 aromatic carbocycles. The molecule has 0 saturated heterocycles. The molecule has 1 rings (SSSR count). The summed E-state index contributed by atoms with van der Waals surface area (Å²) in [6, 6.07) is 5.48. The fourth-order valence-electron chi connectivity index (χ4n) is 2.23. The second-order valence-electron chi connectivity index (χ2n) is 5.51. The molecule has 0 heterocycles. The van der Waals surface area contributed by atoms with Crippen LogP contribution in [0.1, 0.15) is 27.7 Å². The Morgan fingerprint density at radius 1 is 1.24 bits per heavy atom. The van der Waals surface area contributed by atoms with E-state index in [-0.39, 0.29) is 4.90 Å². The van der Waals surface area contributed by atoms with Crippen LogP contribution < -0.4 is 10.5 Å². The summed E-state index contributed by atoms with van der Waals surface area (Å²) in [7, 11) is -3.56. The molecule has 0 unspecified atom stereocenters. The minimum atomic E-state index is -3.56. The van der Waals surface area contributed by atoms with Gasteiger partial charge in [-0.1, -0.05) is 0 Å². The van der Waals surface area contributed by atoms with E-state index in [0.717, 1.165) is 0 Å². The highest BCUT2D eigenvalue weighted by Gasteiger charge is 2.19. The maximum Gasteiger partial charge on any atom is 0.241 e. The van der Waals surface area contributed by atoms with Crippen molar-refractivity contribution in [3.8, 4) is 0 Å². The van der Waals surface area contributed by atoms with Gasteiger partial charge in [-0.2, -0.15) is 0 Å². The molecule has 0 aromatic heterocycles. The van der Waals surface area contributed by atoms with E-state index in [9.17, 15) is 8.42 Å². The van der Waals surface area contributed by atoms with Gasteiger partial charge in [0.25, 0.3) is 0 Å². The highest BCUT2D eigenvalue weighted by Crippen LogP contribution is 2.23. The summed E-state index contributed by atoms with van der Waals surface area (Å²) in [5, 5.41) is 0. The average Bonchev–Trinajstić information content (AvgIpc) is 2.36. The Morgan fingerprint density at radius 2 is 1.81 bits per heavy atom. The summed E-state index contributed by atoms with van der Waals surface area (Å²) >= 11 is 3.25. The Kier molecular flexibility index (Phi) is 6.65. The lowest BCUT2D eigenvalue weighted by atomic mass is 10.2. The van der Waals surface area contributed by atoms with Crippen molar-refractivity contribution in [2.24, 2.45) is 0 Å². The lowest BCUT2D eigenvalue weighted by Crippen LogP contribution is -2.42. The van der Waals surface area contributed by atoms with Gasteiger partial charge in [0.05, 0.1) is 4.90 Å². The van der Waals surface area contributed by atoms with Gasteiger partial charge in [0.15, 0.2) is 0 Å². The van der Waals surface area contributed by atoms with Gasteiger partial charge in [0, 0.05) is 35.3 Å². The van der Waals surface area contributed by atoms with E-state index in [0.29, 0.717) is 35.3 Å². The first-order valence-corrected chi connectivity index (χ1v) is 9.23. The first kappa shape index (κ1) is 18.4. The number of nitrogens with one attached hydrogen (secondary N) is 1. The molecular formula is C14H24BrN3O2S. The van der Waals surface area contributed by atoms with E-state index >= 15 is 0 Å². The molecule has 0 amide bonds. The quantitative estimate of drug-likeness (QED) is 0.715. The molecule has 21 heavy (non-hydrogen) atoms. The minimum absolute atomic E-state index is 0.170. The zero-order valence-corrected chi connectivity index (χ0v) is 15.3. The highest BCUT2D eigenvalue weighted by molar-refractivity contribution is 9.10. The molecular weight excluding hydrogens is 354 g/mol. The van der Waals surface area contributed by atoms with Crippen LogP contribution in [0.3, 0.4) is 0 Å². The molecule has 0 aliphatic heterocycles. The van der Waals surface area contributed by atoms with Crippen LogP contribution in [0.25, 0.3) is 0 Å². The van der Waals surface area contributed by atoms with Gasteiger partial charge >= 0.3 is 0 Å². The van der Waals surface area contributed by atoms with Crippen LogP contribution in [0.4, 0.5) is 5.69 Å². The molecule has 120 valence electrons. The molecule has 3 N–H and O–H groups in total. The van der Waals surface area contributed by atoms with Crippen molar-refractivity contribution in [3.05, 3.63) is 22.7 Å². The van der Waals surface area contributed by atoms with Crippen LogP contribution in [0, 0.1) is 0 Å². The standard InChI is InChI=1S/C14H24BrN3O2S/c1-10(2)18(11(3)4)8-7-17-21(19,20)14-9-12(16)5-6-13(14)15/h5-6,9-11,17H,7-8,16H2,1-4H3. The summed E-state index contributed by atoms with van der Waals surface area (Å²) in [4.78, 5) is 2.40. The summed E-state index contributed by atoms with van der Waals surface area (Å²) in [5.74, 6) is 0. The molecule has 0 radical (unpaired) electrons. The third kappa shape index (κ3) is 5.25. The van der Waals surface area contributed by atoms with Crippen LogP contribution in [0.5, 0.6) is 0 Å². The monoisotopic (exact) mass is 377 g/mol. The summed E-state index contributed by atoms with van der Waals surface area (Å²) < 4.78 is 27.8. The Morgan fingerprint density at radius 3 is 2.33 bits per heavy atom. The number of nitrogen functional groups attached to an aromatic ring is 1. The van der Waals surface area contributed by atoms with Gasteiger partial charge < -0.3 is 5.73 Å². The van der Waals surface area contributed by atoms with Gasteiger partial charge in [-0.15, -0.1) is 0 Å². The van der Waals surface area contributed by atoms with Crippen molar-refractivity contribution in [1.29, 1.82) is 0 Å². The number of benzene rings is 1. The van der Waals surface area contributed by atoms with E-state index in [4.69, 9.17) is 5.73 Å². The SMILES string of the molecule is CC(C)N(CCNS(=O)(=O)c1cc(N)ccc1Br)C(C)C. The number of anilines is 1. The number of sulfonamides is 1. The molecule has 0 saturated carbocycles. The van der Waals surface area contributed by atoms with Crippen molar-refractivity contribution in [1.82, 2.24) is 9.62 Å². The molecule has 0 bridgehead atoms. The molecule has 0 spiro atoms. The largest absolute Gasteiger partial charge is 0.399 e. The van der Waals surface area contributed by atoms with Crippen LogP contribution in [-0.4, -0.2) is 38.5 Å². The van der Waals surface area contributed by atoms with Crippen molar-refractivity contribution in [2.75, 3.05) is 18.8 Å². The number of rotatable bonds is 7. The molecule has 0 aliphatic rings. The predicted octanol–water partition coefficient (Wildman–Crippen LogP) is 2.43. The van der Waals surface area contributed by atoms with Crippen molar-refractivity contribution >= 4 is 31.6 Å². The van der Waals surface area contributed by atoms with Gasteiger partial charge in [-0.25, -0.2) is 13.1 Å². The Labute approximate surface area is 136 Å². The molecule has 0 fully saturated rings. The molecule has 1 aromatic rings. The van der Waals surface area contributed by atoms with E-state index in [1.807, 2.05) is 0 Å². The number of nitrogens with two attached hydrogens (primary N) is 1. The normalized spacial score (nSPS) is 12.6. The number of hydrogen-bond acceptors (Lipinski definition) is 4. The van der Waals surface area contributed by atoms with Gasteiger partial charge in [0.1, 0.15) is 0 Å². The first-order chi connectivity index (χ1) is 9.65. The Bertz CT molecular complexity index is 566. The summed E-state index contributed by atoms with van der Waals surface area (Å²) in [6.07, 6.45) is 0. The van der Waals surface area contributed by atoms with E-state index in [1.165, 1.54) is 6.07 Å². The van der Waals surface area contributed by atoms with E-state index in [1.54, 1.807) is 12.1 Å². The van der Waals surface area contributed by atoms with Crippen LogP contribution >= 0.6 is 15.9 Å². The third-order valence-corrected chi connectivity index (χ3v) is 5.69. The van der Waals surface area contributed by atoms with Crippen molar-refractivity contribution in [3.63, 3.8) is 0 Å². The summed E-state index contributed by atoms with van der Waals surface area (Å²) in [5.41, 5.74) is 6.08. The Hall–Kier alpha value is -0.630. The van der Waals surface area contributed by atoms with E-state index in [2.05, 4.69) is 53.2 Å². The maximum absolute atomic E-state index is 12.3. The predicted molar refractivity (Wildman–Crippen MR) is 90.7 cm³/mol. The number of halogens is 1. The smallest absolute Gasteiger partial charge is 0.241 e. The van der Waals surface area contributed by atoms with Gasteiger partial charge in [0.2, 0.25) is 10.0 Å². The topological polar surface area (TPSA) is 75.4 Å². The number of nitrogens with zero attached hydrogens (tertiary/aromatic N) is 1. The van der Waals surface area contributed by atoms with Gasteiger partial charge in [-0.05, 0) is 61.8 Å². The fraction of sp³-hybridized carbons (Fsp3) is 0.571. The minimum Gasteiger partial charge on any atom is -0.399 e. The average molecular weight is 378 g/mol. The lowest BCUT2D eigenvalue weighted by molar-refractivity contribution is 0.179. The number of hydrogen-bond donors (Lipinski definition) is 2. The lowest BCUT2D eigenvalue weighted by Gasteiger charge is -2.30.